The van der Waals surface area contributed by atoms with Gasteiger partial charge < -0.3 is 64.2 Å². The molecule has 4 aliphatic rings. The molecule has 20 nitrogen and oxygen atoms in total. The molecule has 2 fully saturated rings. The highest BCUT2D eigenvalue weighted by Gasteiger charge is 2.39. The molecule has 14 N–H and O–H groups in total. The summed E-state index contributed by atoms with van der Waals surface area (Å²) in [6.07, 6.45) is -4.25. The second-order valence-corrected chi connectivity index (χ2v) is 25.0. The standard InChI is InChI=1S/C29H28F3N7O3S.C21H22BrF3N6O2S.C8H6BrNO/c30-29(31,32)18-11-22(38-28-24(18)25(33)26(43-28)27(34)42)39-7-5-17(6-8-39)35-13-21(40)19-4-3-16(12-36-19)14-1-2-15-10-23(41)37-20(15)9-14;22-10-1-2-13(29-8-10)14(32)9-28-11-3-5-31(6-4-11)15-7-12(21(23,24)25)16-17(26)18(19(27)33)34-20(16)30-15;9-6-2-1-5-3-8(11)10-7(5)4-6/h1-4,9,11-12,17,21,35,40H,5-8,10,13,33H2,(H2,34,42)(H,37,41);1-2,7-8,11,14,28,32H,3-6,9,26H2,(H2,27,33);1-2,4H,3H2,(H,10,11). The number of hydrogen-bond acceptors (Lipinski definition) is 18. The first-order valence-corrected chi connectivity index (χ1v) is 30.6. The Morgan fingerprint density at radius 1 is 0.614 bits per heavy atom. The molecule has 0 aliphatic carbocycles. The van der Waals surface area contributed by atoms with E-state index in [0.29, 0.717) is 82.6 Å². The Kier molecular flexibility index (Phi) is 18.9. The van der Waals surface area contributed by atoms with Gasteiger partial charge in [0.25, 0.3) is 11.8 Å². The molecule has 0 radical (unpaired) electrons. The number of primary amides is 2. The molecule has 12 rings (SSSR count). The molecular formula is C58H56Br2F6N14O6S2. The third-order valence-corrected chi connectivity index (χ3v) is 18.4. The van der Waals surface area contributed by atoms with Crippen LogP contribution < -0.4 is 54.0 Å². The average Bonchev–Trinajstić information content (AvgIpc) is 1.61. The van der Waals surface area contributed by atoms with Gasteiger partial charge in [-0.3, -0.25) is 29.1 Å². The summed E-state index contributed by atoms with van der Waals surface area (Å²) in [5, 5.41) is 32.7. The number of piperidine rings is 2. The van der Waals surface area contributed by atoms with E-state index in [1.54, 1.807) is 40.4 Å². The number of fused-ring (bicyclic) bond motifs is 4. The Balaban J connectivity index is 0.000000168. The summed E-state index contributed by atoms with van der Waals surface area (Å²) in [7, 11) is 0. The number of amides is 4. The molecule has 2 aromatic carbocycles. The summed E-state index contributed by atoms with van der Waals surface area (Å²) in [6.45, 7) is 2.41. The minimum absolute atomic E-state index is 0.0148. The van der Waals surface area contributed by atoms with Crippen molar-refractivity contribution in [3.8, 4) is 11.1 Å². The van der Waals surface area contributed by atoms with Crippen LogP contribution in [0.15, 0.2) is 94.1 Å². The van der Waals surface area contributed by atoms with Crippen LogP contribution in [-0.4, -0.2) is 105 Å². The molecule has 6 aromatic heterocycles. The van der Waals surface area contributed by atoms with E-state index in [0.717, 1.165) is 77.4 Å². The predicted octanol–water partition coefficient (Wildman–Crippen LogP) is 9.23. The summed E-state index contributed by atoms with van der Waals surface area (Å²) in [6, 6.07) is 20.8. The first kappa shape index (κ1) is 63.4. The molecule has 10 heterocycles. The number of aliphatic hydroxyl groups is 2. The number of rotatable bonds is 13. The fraction of sp³-hybridized carbons (Fsp3) is 0.310. The molecule has 0 saturated carbocycles. The largest absolute Gasteiger partial charge is 0.417 e. The number of nitrogens with one attached hydrogen (secondary N) is 4. The number of nitrogen functional groups attached to an aromatic ring is 2. The maximum absolute atomic E-state index is 13.9. The molecule has 2 unspecified atom stereocenters. The van der Waals surface area contributed by atoms with Crippen LogP contribution in [0.5, 0.6) is 0 Å². The van der Waals surface area contributed by atoms with E-state index in [9.17, 15) is 55.7 Å². The van der Waals surface area contributed by atoms with Gasteiger partial charge in [0.1, 0.15) is 43.3 Å². The third-order valence-electron chi connectivity index (χ3n) is 15.3. The van der Waals surface area contributed by atoms with Crippen LogP contribution in [0.3, 0.4) is 0 Å². The van der Waals surface area contributed by atoms with Crippen molar-refractivity contribution in [3.63, 3.8) is 0 Å². The number of benzene rings is 2. The number of hydrogen-bond donors (Lipinski definition) is 10. The summed E-state index contributed by atoms with van der Waals surface area (Å²) in [5.74, 6) is -1.40. The van der Waals surface area contributed by atoms with E-state index < -0.39 is 47.5 Å². The van der Waals surface area contributed by atoms with Crippen LogP contribution in [0.1, 0.15) is 90.9 Å². The molecule has 4 amide bonds. The summed E-state index contributed by atoms with van der Waals surface area (Å²) in [5.41, 5.74) is 26.4. The van der Waals surface area contributed by atoms with Crippen molar-refractivity contribution in [2.75, 3.05) is 71.2 Å². The summed E-state index contributed by atoms with van der Waals surface area (Å²) >= 11 is 8.16. The highest BCUT2D eigenvalue weighted by atomic mass is 79.9. The Labute approximate surface area is 522 Å². The SMILES string of the molecule is NC(=O)c1sc2nc(N3CCC(NCC(O)c4ccc(-c5ccc6c(c5)NC(=O)C6)cn4)CC3)cc(C(F)(F)F)c2c1N.NC(=O)c1sc2nc(N3CCC(NCC(O)c4ccc(Br)cn4)CC3)cc(C(F)(F)F)c2c1N.O=C1Cc2ccc(Br)cc2N1. The van der Waals surface area contributed by atoms with Crippen molar-refractivity contribution in [2.24, 2.45) is 11.5 Å². The van der Waals surface area contributed by atoms with Crippen molar-refractivity contribution in [1.29, 1.82) is 0 Å². The van der Waals surface area contributed by atoms with Crippen LogP contribution >= 0.6 is 54.5 Å². The van der Waals surface area contributed by atoms with E-state index >= 15 is 0 Å². The number of nitrogens with two attached hydrogens (primary N) is 4. The lowest BCUT2D eigenvalue weighted by atomic mass is 10.0. The van der Waals surface area contributed by atoms with Gasteiger partial charge in [-0.25, -0.2) is 9.97 Å². The molecule has 0 spiro atoms. The first-order valence-electron chi connectivity index (χ1n) is 27.4. The Hall–Kier alpha value is -7.58. The van der Waals surface area contributed by atoms with Crippen LogP contribution in [0, 0.1) is 0 Å². The van der Waals surface area contributed by atoms with Gasteiger partial charge >= 0.3 is 12.4 Å². The monoisotopic (exact) mass is 1380 g/mol. The van der Waals surface area contributed by atoms with Crippen molar-refractivity contribution >= 4 is 133 Å². The number of anilines is 6. The first-order chi connectivity index (χ1) is 41.8. The number of pyridine rings is 4. The van der Waals surface area contributed by atoms with Gasteiger partial charge in [0, 0.05) is 100 Å². The third kappa shape index (κ3) is 14.4. The van der Waals surface area contributed by atoms with Crippen molar-refractivity contribution in [3.05, 3.63) is 138 Å². The number of carbonyl (C=O) groups excluding carboxylic acids is 4. The highest BCUT2D eigenvalue weighted by molar-refractivity contribution is 9.10. The summed E-state index contributed by atoms with van der Waals surface area (Å²) in [4.78, 5) is 66.5. The predicted molar refractivity (Wildman–Crippen MR) is 332 cm³/mol. The minimum Gasteiger partial charge on any atom is -0.397 e. The smallest absolute Gasteiger partial charge is 0.397 e. The van der Waals surface area contributed by atoms with E-state index in [-0.39, 0.29) is 83.6 Å². The average molecular weight is 1380 g/mol. The number of alkyl halides is 6. The van der Waals surface area contributed by atoms with Gasteiger partial charge in [-0.1, -0.05) is 40.2 Å². The number of halogens is 8. The van der Waals surface area contributed by atoms with Crippen molar-refractivity contribution < 1.29 is 55.7 Å². The lowest BCUT2D eigenvalue weighted by Crippen LogP contribution is -2.44. The van der Waals surface area contributed by atoms with Crippen molar-refractivity contribution in [1.82, 2.24) is 30.6 Å². The Bertz CT molecular complexity index is 3950. The molecule has 88 heavy (non-hydrogen) atoms. The zero-order valence-electron chi connectivity index (χ0n) is 46.2. The quantitative estimate of drug-likeness (QED) is 0.0481. The normalized spacial score (nSPS) is 16.1. The number of aliphatic hydroxyl groups excluding tert-OH is 2. The zero-order valence-corrected chi connectivity index (χ0v) is 51.0. The van der Waals surface area contributed by atoms with Gasteiger partial charge in [0.2, 0.25) is 11.8 Å². The van der Waals surface area contributed by atoms with Gasteiger partial charge in [-0.15, -0.1) is 22.7 Å². The molecule has 30 heteroatoms. The molecule has 462 valence electrons. The van der Waals surface area contributed by atoms with E-state index in [4.69, 9.17) is 22.9 Å². The highest BCUT2D eigenvalue weighted by Crippen LogP contribution is 2.45. The van der Waals surface area contributed by atoms with E-state index in [1.165, 1.54) is 0 Å². The van der Waals surface area contributed by atoms with Gasteiger partial charge in [-0.2, -0.15) is 26.3 Å². The Morgan fingerprint density at radius 3 is 1.45 bits per heavy atom. The van der Waals surface area contributed by atoms with Gasteiger partial charge in [-0.05, 0) is 107 Å². The maximum atomic E-state index is 13.9. The second kappa shape index (κ2) is 26.2. The van der Waals surface area contributed by atoms with Crippen molar-refractivity contribution in [2.45, 2.75) is 75.2 Å². The topological polar surface area (TPSA) is 319 Å². The van der Waals surface area contributed by atoms with E-state index in [2.05, 4.69) is 73.1 Å². The van der Waals surface area contributed by atoms with Crippen LogP contribution in [-0.2, 0) is 34.8 Å². The number of aromatic nitrogens is 4. The van der Waals surface area contributed by atoms with Crippen LogP contribution in [0.2, 0.25) is 0 Å². The fourth-order valence-electron chi connectivity index (χ4n) is 10.7. The second-order valence-electron chi connectivity index (χ2n) is 21.2. The minimum atomic E-state index is -4.69. The molecular weight excluding hydrogens is 1330 g/mol. The fourth-order valence-corrected chi connectivity index (χ4v) is 13.2. The van der Waals surface area contributed by atoms with Crippen LogP contribution in [0.4, 0.5) is 60.7 Å². The molecule has 2 atom stereocenters. The van der Waals surface area contributed by atoms with Gasteiger partial charge in [0.05, 0.1) is 46.7 Å². The van der Waals surface area contributed by atoms with Crippen LogP contribution in [0.25, 0.3) is 31.6 Å². The molecule has 0 bridgehead atoms. The lowest BCUT2D eigenvalue weighted by molar-refractivity contribution is -0.137. The maximum Gasteiger partial charge on any atom is 0.417 e. The lowest BCUT2D eigenvalue weighted by Gasteiger charge is -2.34. The zero-order chi connectivity index (χ0) is 62.9. The number of nitrogens with zero attached hydrogens (tertiary/aromatic N) is 6. The number of carbonyl (C=O) groups is 4. The summed E-state index contributed by atoms with van der Waals surface area (Å²) < 4.78 is 85.0. The van der Waals surface area contributed by atoms with E-state index in [1.807, 2.05) is 42.5 Å². The van der Waals surface area contributed by atoms with Gasteiger partial charge in [0.15, 0.2) is 0 Å². The molecule has 2 saturated heterocycles. The number of thiophene rings is 2. The molecule has 4 aliphatic heterocycles. The molecule has 8 aromatic rings. The Morgan fingerprint density at radius 2 is 1.03 bits per heavy atom.